The van der Waals surface area contributed by atoms with Crippen molar-refractivity contribution in [2.24, 2.45) is 0 Å². The number of rotatable bonds is 2. The maximum absolute atomic E-state index is 12.8. The number of pyridine rings is 1. The molecule has 20 heavy (non-hydrogen) atoms. The number of benzene rings is 1. The summed E-state index contributed by atoms with van der Waals surface area (Å²) in [5.41, 5.74) is -0.600. The molecule has 0 atom stereocenters. The first-order valence-corrected chi connectivity index (χ1v) is 6.18. The Morgan fingerprint density at radius 2 is 1.90 bits per heavy atom. The molecule has 102 valence electrons. The van der Waals surface area contributed by atoms with Crippen molar-refractivity contribution in [3.8, 4) is 6.07 Å². The summed E-state index contributed by atoms with van der Waals surface area (Å²) in [7, 11) is 0. The molecule has 0 unspecified atom stereocenters. The van der Waals surface area contributed by atoms with Crippen LogP contribution in [0.25, 0.3) is 0 Å². The number of anilines is 2. The highest BCUT2D eigenvalue weighted by Gasteiger charge is 2.33. The number of aromatic nitrogens is 1. The number of nitriles is 1. The molecule has 1 heterocycles. The second kappa shape index (κ2) is 5.51. The highest BCUT2D eigenvalue weighted by molar-refractivity contribution is 9.10. The molecule has 0 aliphatic carbocycles. The zero-order valence-electron chi connectivity index (χ0n) is 9.87. The quantitative estimate of drug-likeness (QED) is 0.876. The zero-order chi connectivity index (χ0) is 14.8. The van der Waals surface area contributed by atoms with Gasteiger partial charge < -0.3 is 5.32 Å². The molecule has 2 aromatic rings. The third-order valence-electron chi connectivity index (χ3n) is 2.44. The van der Waals surface area contributed by atoms with E-state index in [0.29, 0.717) is 10.2 Å². The number of alkyl halides is 3. The molecule has 1 aromatic carbocycles. The van der Waals surface area contributed by atoms with Crippen LogP contribution in [0.3, 0.4) is 0 Å². The summed E-state index contributed by atoms with van der Waals surface area (Å²) < 4.78 is 39.2. The van der Waals surface area contributed by atoms with E-state index in [0.717, 1.165) is 12.1 Å². The fourth-order valence-corrected chi connectivity index (χ4v) is 1.97. The molecule has 2 rings (SSSR count). The van der Waals surface area contributed by atoms with Crippen LogP contribution in [0.5, 0.6) is 0 Å². The van der Waals surface area contributed by atoms with Crippen LogP contribution in [0.1, 0.15) is 11.1 Å². The Balaban J connectivity index is 2.37. The third-order valence-corrected chi connectivity index (χ3v) is 2.87. The molecular weight excluding hydrogens is 335 g/mol. The van der Waals surface area contributed by atoms with Gasteiger partial charge in [0.25, 0.3) is 0 Å². The number of hydrogen-bond acceptors (Lipinski definition) is 3. The lowest BCUT2D eigenvalue weighted by Gasteiger charge is -2.12. The van der Waals surface area contributed by atoms with Crippen molar-refractivity contribution in [3.05, 3.63) is 52.3 Å². The van der Waals surface area contributed by atoms with Crippen LogP contribution >= 0.6 is 15.9 Å². The average Bonchev–Trinajstić information content (AvgIpc) is 2.37. The molecule has 7 heteroatoms. The first kappa shape index (κ1) is 14.3. The highest BCUT2D eigenvalue weighted by atomic mass is 79.9. The van der Waals surface area contributed by atoms with E-state index in [1.807, 2.05) is 0 Å². The topological polar surface area (TPSA) is 48.7 Å². The van der Waals surface area contributed by atoms with Crippen LogP contribution < -0.4 is 5.32 Å². The smallest absolute Gasteiger partial charge is 0.354 e. The SMILES string of the molecule is N#Cc1ccc(Nc2cncc(Br)c2)cc1C(F)(F)F. The van der Waals surface area contributed by atoms with E-state index >= 15 is 0 Å². The summed E-state index contributed by atoms with van der Waals surface area (Å²) in [5.74, 6) is 0. The molecule has 0 saturated carbocycles. The molecule has 1 N–H and O–H groups in total. The lowest BCUT2D eigenvalue weighted by molar-refractivity contribution is -0.137. The molecule has 0 saturated heterocycles. The van der Waals surface area contributed by atoms with Gasteiger partial charge in [-0.2, -0.15) is 18.4 Å². The van der Waals surface area contributed by atoms with Crippen molar-refractivity contribution in [1.29, 1.82) is 5.26 Å². The van der Waals surface area contributed by atoms with Gasteiger partial charge in [0, 0.05) is 16.4 Å². The van der Waals surface area contributed by atoms with Crippen LogP contribution in [-0.2, 0) is 6.18 Å². The minimum Gasteiger partial charge on any atom is -0.354 e. The zero-order valence-corrected chi connectivity index (χ0v) is 11.5. The predicted molar refractivity (Wildman–Crippen MR) is 71.4 cm³/mol. The van der Waals surface area contributed by atoms with Gasteiger partial charge in [0.05, 0.1) is 29.1 Å². The summed E-state index contributed by atoms with van der Waals surface area (Å²) in [6.45, 7) is 0. The molecule has 0 aliphatic heterocycles. The number of nitrogens with zero attached hydrogens (tertiary/aromatic N) is 2. The van der Waals surface area contributed by atoms with Crippen LogP contribution in [0.2, 0.25) is 0 Å². The van der Waals surface area contributed by atoms with E-state index < -0.39 is 17.3 Å². The Morgan fingerprint density at radius 1 is 1.15 bits per heavy atom. The Kier molecular flexibility index (Phi) is 3.95. The minimum absolute atomic E-state index is 0.233. The van der Waals surface area contributed by atoms with Crippen molar-refractivity contribution in [2.75, 3.05) is 5.32 Å². The highest BCUT2D eigenvalue weighted by Crippen LogP contribution is 2.34. The Morgan fingerprint density at radius 3 is 2.50 bits per heavy atom. The summed E-state index contributed by atoms with van der Waals surface area (Å²) in [5, 5.41) is 11.5. The van der Waals surface area contributed by atoms with Gasteiger partial charge in [0.1, 0.15) is 0 Å². The number of hydrogen-bond donors (Lipinski definition) is 1. The predicted octanol–water partition coefficient (Wildman–Crippen LogP) is 4.48. The molecule has 3 nitrogen and oxygen atoms in total. The van der Waals surface area contributed by atoms with E-state index in [4.69, 9.17) is 5.26 Å². The lowest BCUT2D eigenvalue weighted by atomic mass is 10.1. The summed E-state index contributed by atoms with van der Waals surface area (Å²) in [6.07, 6.45) is -1.53. The molecule has 1 aromatic heterocycles. The van der Waals surface area contributed by atoms with Gasteiger partial charge >= 0.3 is 6.18 Å². The molecule has 0 aliphatic rings. The summed E-state index contributed by atoms with van der Waals surface area (Å²) in [6, 6.07) is 6.66. The van der Waals surface area contributed by atoms with E-state index in [-0.39, 0.29) is 5.69 Å². The number of nitrogens with one attached hydrogen (secondary N) is 1. The van der Waals surface area contributed by atoms with Gasteiger partial charge in [-0.1, -0.05) is 0 Å². The van der Waals surface area contributed by atoms with E-state index in [9.17, 15) is 13.2 Å². The molecule has 0 fully saturated rings. The molecule has 0 spiro atoms. The summed E-state index contributed by atoms with van der Waals surface area (Å²) >= 11 is 3.22. The Bertz CT molecular complexity index is 677. The fourth-order valence-electron chi connectivity index (χ4n) is 1.60. The monoisotopic (exact) mass is 341 g/mol. The van der Waals surface area contributed by atoms with Crippen molar-refractivity contribution in [1.82, 2.24) is 4.98 Å². The van der Waals surface area contributed by atoms with E-state index in [1.54, 1.807) is 12.3 Å². The first-order valence-electron chi connectivity index (χ1n) is 5.39. The Labute approximate surface area is 121 Å². The average molecular weight is 342 g/mol. The largest absolute Gasteiger partial charge is 0.417 e. The molecule has 0 bridgehead atoms. The van der Waals surface area contributed by atoms with E-state index in [1.165, 1.54) is 18.3 Å². The number of halogens is 4. The molecule has 0 radical (unpaired) electrons. The van der Waals surface area contributed by atoms with Crippen molar-refractivity contribution in [2.45, 2.75) is 6.18 Å². The third kappa shape index (κ3) is 3.27. The maximum Gasteiger partial charge on any atom is 0.417 e. The van der Waals surface area contributed by atoms with Crippen LogP contribution in [0.15, 0.2) is 41.1 Å². The maximum atomic E-state index is 12.8. The molecule has 0 amide bonds. The fraction of sp³-hybridized carbons (Fsp3) is 0.0769. The van der Waals surface area contributed by atoms with Crippen LogP contribution in [0.4, 0.5) is 24.5 Å². The van der Waals surface area contributed by atoms with Crippen molar-refractivity contribution < 1.29 is 13.2 Å². The van der Waals surface area contributed by atoms with Gasteiger partial charge in [0.15, 0.2) is 0 Å². The summed E-state index contributed by atoms with van der Waals surface area (Å²) in [4.78, 5) is 3.90. The standard InChI is InChI=1S/C13H7BrF3N3/c14-9-3-11(7-19-6-9)20-10-2-1-8(5-18)12(4-10)13(15,16)17/h1-4,6-7,20H. The van der Waals surface area contributed by atoms with Gasteiger partial charge in [-0.25, -0.2) is 0 Å². The van der Waals surface area contributed by atoms with Gasteiger partial charge in [-0.05, 0) is 40.2 Å². The second-order valence-corrected chi connectivity index (χ2v) is 4.80. The van der Waals surface area contributed by atoms with Crippen LogP contribution in [-0.4, -0.2) is 4.98 Å². The van der Waals surface area contributed by atoms with Crippen LogP contribution in [0, 0.1) is 11.3 Å². The minimum atomic E-state index is -4.57. The Hall–Kier alpha value is -2.07. The van der Waals surface area contributed by atoms with Gasteiger partial charge in [0.2, 0.25) is 0 Å². The first-order chi connectivity index (χ1) is 9.40. The van der Waals surface area contributed by atoms with Gasteiger partial charge in [-0.3, -0.25) is 4.98 Å². The normalized spacial score (nSPS) is 10.9. The molecular formula is C13H7BrF3N3. The van der Waals surface area contributed by atoms with Crippen molar-refractivity contribution >= 4 is 27.3 Å². The van der Waals surface area contributed by atoms with Gasteiger partial charge in [-0.15, -0.1) is 0 Å². The second-order valence-electron chi connectivity index (χ2n) is 3.89. The van der Waals surface area contributed by atoms with Crippen molar-refractivity contribution in [3.63, 3.8) is 0 Å². The lowest BCUT2D eigenvalue weighted by Crippen LogP contribution is -2.08. The van der Waals surface area contributed by atoms with E-state index in [2.05, 4.69) is 26.2 Å².